The van der Waals surface area contributed by atoms with Gasteiger partial charge in [0.05, 0.1) is 0 Å². The molecule has 0 radical (unpaired) electrons. The van der Waals surface area contributed by atoms with E-state index in [-0.39, 0.29) is 23.1 Å². The fraction of sp³-hybridized carbons (Fsp3) is 0.300. The maximum Gasteiger partial charge on any atom is 0.264 e. The third kappa shape index (κ3) is 4.30. The number of thioether (sulfide) groups is 1. The van der Waals surface area contributed by atoms with Crippen LogP contribution in [0, 0.1) is 6.92 Å². The number of pyridine rings is 1. The number of hydrogen-bond donors (Lipinski definition) is 2. The molecule has 1 aromatic heterocycles. The summed E-state index contributed by atoms with van der Waals surface area (Å²) in [6.45, 7) is 1.71. The summed E-state index contributed by atoms with van der Waals surface area (Å²) < 4.78 is 26.4. The molecule has 1 atom stereocenters. The summed E-state index contributed by atoms with van der Waals surface area (Å²) in [5.41, 5.74) is 2.37. The number of alkyl halides is 2. The minimum Gasteiger partial charge on any atom is -0.350 e. The number of aromatic amines is 1. The topological polar surface area (TPSA) is 62.0 Å². The molecule has 1 aliphatic heterocycles. The first-order valence-corrected chi connectivity index (χ1v) is 9.79. The zero-order valence-corrected chi connectivity index (χ0v) is 15.8. The van der Waals surface area contributed by atoms with Crippen LogP contribution in [0.5, 0.6) is 0 Å². The van der Waals surface area contributed by atoms with Crippen LogP contribution in [0.4, 0.5) is 8.78 Å². The maximum absolute atomic E-state index is 13.2. The standard InChI is InChI=1S/C20H20F2N2O2S/c1-11-3-7-16(24-20(11)26)15(10-13-5-8-18(25)23-13)12-4-6-14(19(21)22)17(9-12)27-2/h3-4,6-7,9-10,13,19H,5,8H2,1-2H3,(H,23,25)(H,24,26)/b15-10+/t13-/m1/s1. The van der Waals surface area contributed by atoms with Crippen LogP contribution in [-0.4, -0.2) is 23.2 Å². The van der Waals surface area contributed by atoms with E-state index >= 15 is 0 Å². The van der Waals surface area contributed by atoms with Gasteiger partial charge in [0.2, 0.25) is 5.91 Å². The number of hydrogen-bond acceptors (Lipinski definition) is 3. The molecule has 0 bridgehead atoms. The van der Waals surface area contributed by atoms with Crippen molar-refractivity contribution >= 4 is 23.2 Å². The Morgan fingerprint density at radius 3 is 2.63 bits per heavy atom. The number of aromatic nitrogens is 1. The van der Waals surface area contributed by atoms with E-state index in [1.807, 2.05) is 6.08 Å². The lowest BCUT2D eigenvalue weighted by Crippen LogP contribution is -2.23. The smallest absolute Gasteiger partial charge is 0.264 e. The van der Waals surface area contributed by atoms with Crippen molar-refractivity contribution in [1.29, 1.82) is 0 Å². The van der Waals surface area contributed by atoms with Crippen molar-refractivity contribution in [1.82, 2.24) is 10.3 Å². The lowest BCUT2D eigenvalue weighted by molar-refractivity contribution is -0.119. The Balaban J connectivity index is 2.12. The van der Waals surface area contributed by atoms with E-state index in [9.17, 15) is 18.4 Å². The van der Waals surface area contributed by atoms with Gasteiger partial charge in [0, 0.05) is 39.8 Å². The highest BCUT2D eigenvalue weighted by Crippen LogP contribution is 2.33. The summed E-state index contributed by atoms with van der Waals surface area (Å²) in [4.78, 5) is 26.9. The predicted octanol–water partition coefficient (Wildman–Crippen LogP) is 4.05. The molecule has 2 aromatic rings. The number of halogens is 2. The molecule has 4 nitrogen and oxygen atoms in total. The Hall–Kier alpha value is -2.41. The maximum atomic E-state index is 13.2. The van der Waals surface area contributed by atoms with Gasteiger partial charge in [-0.15, -0.1) is 11.8 Å². The van der Waals surface area contributed by atoms with E-state index in [2.05, 4.69) is 10.3 Å². The predicted molar refractivity (Wildman–Crippen MR) is 103 cm³/mol. The zero-order chi connectivity index (χ0) is 19.6. The Bertz CT molecular complexity index is 953. The van der Waals surface area contributed by atoms with Gasteiger partial charge in [0.1, 0.15) is 0 Å². The van der Waals surface area contributed by atoms with Crippen LogP contribution in [0.1, 0.15) is 41.7 Å². The molecule has 3 rings (SSSR count). The van der Waals surface area contributed by atoms with Crippen molar-refractivity contribution in [3.63, 3.8) is 0 Å². The van der Waals surface area contributed by atoms with Gasteiger partial charge in [-0.05, 0) is 37.3 Å². The van der Waals surface area contributed by atoms with E-state index in [1.165, 1.54) is 17.8 Å². The molecule has 0 aliphatic carbocycles. The summed E-state index contributed by atoms with van der Waals surface area (Å²) in [7, 11) is 0. The van der Waals surface area contributed by atoms with Gasteiger partial charge in [0.25, 0.3) is 12.0 Å². The number of nitrogens with one attached hydrogen (secondary N) is 2. The largest absolute Gasteiger partial charge is 0.350 e. The number of benzene rings is 1. The van der Waals surface area contributed by atoms with E-state index < -0.39 is 6.43 Å². The first-order valence-electron chi connectivity index (χ1n) is 8.57. The molecule has 1 amide bonds. The Morgan fingerprint density at radius 1 is 1.26 bits per heavy atom. The highest BCUT2D eigenvalue weighted by Gasteiger charge is 2.21. The lowest BCUT2D eigenvalue weighted by Gasteiger charge is -2.15. The minimum atomic E-state index is -2.55. The number of carbonyl (C=O) groups is 1. The lowest BCUT2D eigenvalue weighted by atomic mass is 9.97. The fourth-order valence-electron chi connectivity index (χ4n) is 3.07. The van der Waals surface area contributed by atoms with Crippen LogP contribution in [-0.2, 0) is 4.79 Å². The SMILES string of the molecule is CSc1cc(/C(=C\[C@H]2CCC(=O)N2)c2ccc(C)c(=O)[nH]2)ccc1C(F)F. The highest BCUT2D eigenvalue weighted by molar-refractivity contribution is 7.98. The Kier molecular flexibility index (Phi) is 5.79. The number of H-pyrrole nitrogens is 1. The average Bonchev–Trinajstić information content (AvgIpc) is 3.06. The number of aryl methyl sites for hydroxylation is 1. The molecule has 2 N–H and O–H groups in total. The quantitative estimate of drug-likeness (QED) is 0.757. The Morgan fingerprint density at radius 2 is 2.04 bits per heavy atom. The van der Waals surface area contributed by atoms with Crippen LogP contribution in [0.15, 0.2) is 46.1 Å². The summed E-state index contributed by atoms with van der Waals surface area (Å²) in [6, 6.07) is 8.09. The summed E-state index contributed by atoms with van der Waals surface area (Å²) in [5, 5.41) is 2.88. The van der Waals surface area contributed by atoms with Gasteiger partial charge in [0.15, 0.2) is 0 Å². The van der Waals surface area contributed by atoms with Crippen LogP contribution >= 0.6 is 11.8 Å². The molecule has 0 saturated carbocycles. The highest BCUT2D eigenvalue weighted by atomic mass is 32.2. The van der Waals surface area contributed by atoms with Crippen molar-refractivity contribution in [2.45, 2.75) is 37.1 Å². The second kappa shape index (κ2) is 8.08. The van der Waals surface area contributed by atoms with Gasteiger partial charge in [-0.2, -0.15) is 0 Å². The number of carbonyl (C=O) groups excluding carboxylic acids is 1. The van der Waals surface area contributed by atoms with E-state index in [1.54, 1.807) is 37.4 Å². The normalized spacial score (nSPS) is 17.4. The van der Waals surface area contributed by atoms with Crippen LogP contribution < -0.4 is 10.9 Å². The molecule has 1 aliphatic rings. The average molecular weight is 390 g/mol. The second-order valence-electron chi connectivity index (χ2n) is 6.43. The van der Waals surface area contributed by atoms with Gasteiger partial charge in [-0.3, -0.25) is 9.59 Å². The fourth-order valence-corrected chi connectivity index (χ4v) is 3.71. The third-order valence-electron chi connectivity index (χ3n) is 4.57. The van der Waals surface area contributed by atoms with Crippen LogP contribution in [0.25, 0.3) is 5.57 Å². The van der Waals surface area contributed by atoms with Gasteiger partial charge < -0.3 is 10.3 Å². The van der Waals surface area contributed by atoms with Crippen LogP contribution in [0.2, 0.25) is 0 Å². The molecular weight excluding hydrogens is 370 g/mol. The number of amides is 1. The molecular formula is C20H20F2N2O2S. The summed E-state index contributed by atoms with van der Waals surface area (Å²) in [6.07, 6.45) is 2.18. The molecule has 27 heavy (non-hydrogen) atoms. The third-order valence-corrected chi connectivity index (χ3v) is 5.37. The zero-order valence-electron chi connectivity index (χ0n) is 15.0. The summed E-state index contributed by atoms with van der Waals surface area (Å²) in [5.74, 6) is -0.0224. The van der Waals surface area contributed by atoms with Gasteiger partial charge >= 0.3 is 0 Å². The van der Waals surface area contributed by atoms with E-state index in [0.29, 0.717) is 40.1 Å². The first kappa shape index (κ1) is 19.4. The van der Waals surface area contributed by atoms with Crippen LogP contribution in [0.3, 0.4) is 0 Å². The molecule has 1 saturated heterocycles. The molecule has 1 aromatic carbocycles. The van der Waals surface area contributed by atoms with E-state index in [0.717, 1.165) is 0 Å². The summed E-state index contributed by atoms with van der Waals surface area (Å²) >= 11 is 1.25. The van der Waals surface area contributed by atoms with Gasteiger partial charge in [-0.1, -0.05) is 24.3 Å². The van der Waals surface area contributed by atoms with Crippen molar-refractivity contribution in [2.24, 2.45) is 0 Å². The molecule has 142 valence electrons. The Labute approximate surface area is 160 Å². The molecule has 2 heterocycles. The molecule has 1 fully saturated rings. The molecule has 7 heteroatoms. The molecule has 0 unspecified atom stereocenters. The first-order chi connectivity index (χ1) is 12.9. The van der Waals surface area contributed by atoms with Crippen molar-refractivity contribution in [2.75, 3.05) is 6.26 Å². The van der Waals surface area contributed by atoms with Gasteiger partial charge in [-0.25, -0.2) is 8.78 Å². The van der Waals surface area contributed by atoms with E-state index in [4.69, 9.17) is 0 Å². The molecule has 0 spiro atoms. The van der Waals surface area contributed by atoms with Crippen molar-refractivity contribution in [3.05, 3.63) is 69.1 Å². The second-order valence-corrected chi connectivity index (χ2v) is 7.28. The van der Waals surface area contributed by atoms with Crippen molar-refractivity contribution < 1.29 is 13.6 Å². The monoisotopic (exact) mass is 390 g/mol. The van der Waals surface area contributed by atoms with Crippen molar-refractivity contribution in [3.8, 4) is 0 Å². The number of rotatable bonds is 5. The minimum absolute atomic E-state index is 0.0165.